The number of ether oxygens (including phenoxy) is 2. The molecular weight excluding hydrogens is 208 g/mol. The largest absolute Gasteiger partial charge is 0.385 e. The van der Waals surface area contributed by atoms with Crippen molar-refractivity contribution in [2.75, 3.05) is 25.7 Å². The Bertz CT molecular complexity index is 94.1. The molecule has 0 aliphatic heterocycles. The monoisotopic (exact) mass is 224 g/mol. The quantitative estimate of drug-likeness (QED) is 0.509. The van der Waals surface area contributed by atoms with Crippen LogP contribution in [0.15, 0.2) is 0 Å². The molecule has 0 aliphatic rings. The highest BCUT2D eigenvalue weighted by Crippen LogP contribution is 2.12. The molecule has 0 saturated carbocycles. The van der Waals surface area contributed by atoms with Crippen molar-refractivity contribution in [2.24, 2.45) is 0 Å². The fourth-order valence-corrected chi connectivity index (χ4v) is 0.752. The van der Waals surface area contributed by atoms with E-state index < -0.39 is 0 Å². The molecule has 0 atom stereocenters. The van der Waals surface area contributed by atoms with E-state index in [9.17, 15) is 0 Å². The minimum atomic E-state index is -0.0479. The maximum absolute atomic E-state index is 5.55. The van der Waals surface area contributed by atoms with E-state index in [1.54, 1.807) is 7.11 Å². The molecule has 0 bridgehead atoms. The number of hydrogen-bond donors (Lipinski definition) is 0. The second kappa shape index (κ2) is 5.98. The summed E-state index contributed by atoms with van der Waals surface area (Å²) in [5.41, 5.74) is -0.0479. The van der Waals surface area contributed by atoms with Crippen molar-refractivity contribution in [3.8, 4) is 0 Å². The number of hydrogen-bond acceptors (Lipinski definition) is 2. The summed E-state index contributed by atoms with van der Waals surface area (Å²) in [4.78, 5) is 0. The molecule has 11 heavy (non-hydrogen) atoms. The van der Waals surface area contributed by atoms with Crippen LogP contribution in [0.2, 0.25) is 0 Å². The topological polar surface area (TPSA) is 18.5 Å². The van der Waals surface area contributed by atoms with Gasteiger partial charge in [-0.15, -0.1) is 0 Å². The molecule has 3 heteroatoms. The maximum Gasteiger partial charge on any atom is 0.0722 e. The molecule has 0 radical (unpaired) electrons. The van der Waals surface area contributed by atoms with E-state index in [0.717, 1.165) is 25.0 Å². The molecule has 0 N–H and O–H groups in total. The fourth-order valence-electron chi connectivity index (χ4n) is 0.590. The van der Waals surface area contributed by atoms with E-state index in [1.807, 2.05) is 0 Å². The lowest BCUT2D eigenvalue weighted by Crippen LogP contribution is -2.26. The lowest BCUT2D eigenvalue weighted by molar-refractivity contribution is -0.00671. The van der Waals surface area contributed by atoms with Crippen LogP contribution in [0.4, 0.5) is 0 Å². The summed E-state index contributed by atoms with van der Waals surface area (Å²) >= 11 is 3.38. The third kappa shape index (κ3) is 6.78. The molecule has 0 aromatic carbocycles. The first-order valence-corrected chi connectivity index (χ1v) is 4.93. The molecule has 0 spiro atoms. The molecule has 0 aliphatic carbocycles. The van der Waals surface area contributed by atoms with Crippen LogP contribution in [0.3, 0.4) is 0 Å². The van der Waals surface area contributed by atoms with Crippen molar-refractivity contribution in [1.82, 2.24) is 0 Å². The molecular formula is C8H17BrO2. The van der Waals surface area contributed by atoms with Crippen LogP contribution in [-0.2, 0) is 9.47 Å². The van der Waals surface area contributed by atoms with Gasteiger partial charge in [-0.25, -0.2) is 0 Å². The zero-order chi connectivity index (χ0) is 8.74. The van der Waals surface area contributed by atoms with E-state index in [1.165, 1.54) is 0 Å². The Kier molecular flexibility index (Phi) is 6.19. The second-order valence-electron chi connectivity index (χ2n) is 3.09. The van der Waals surface area contributed by atoms with Crippen molar-refractivity contribution >= 4 is 15.9 Å². The average molecular weight is 225 g/mol. The molecule has 68 valence electrons. The summed E-state index contributed by atoms with van der Waals surface area (Å²) in [6.07, 6.45) is 0.965. The van der Waals surface area contributed by atoms with Crippen LogP contribution >= 0.6 is 15.9 Å². The first-order valence-electron chi connectivity index (χ1n) is 3.81. The summed E-state index contributed by atoms with van der Waals surface area (Å²) in [5, 5.41) is 0.868. The summed E-state index contributed by atoms with van der Waals surface area (Å²) in [5.74, 6) is 0. The molecule has 0 amide bonds. The van der Waals surface area contributed by atoms with Crippen LogP contribution in [0.1, 0.15) is 20.3 Å². The smallest absolute Gasteiger partial charge is 0.0722 e. The van der Waals surface area contributed by atoms with E-state index in [4.69, 9.17) is 9.47 Å². The summed E-state index contributed by atoms with van der Waals surface area (Å²) in [6, 6.07) is 0. The van der Waals surface area contributed by atoms with Gasteiger partial charge in [0.2, 0.25) is 0 Å². The molecule has 0 fully saturated rings. The van der Waals surface area contributed by atoms with E-state index in [-0.39, 0.29) is 5.60 Å². The SMILES string of the molecule is COCCCOC(C)(C)CBr. The van der Waals surface area contributed by atoms with Gasteiger partial charge in [-0.1, -0.05) is 15.9 Å². The number of alkyl halides is 1. The predicted octanol–water partition coefficient (Wildman–Crippen LogP) is 2.21. The summed E-state index contributed by atoms with van der Waals surface area (Å²) < 4.78 is 10.5. The van der Waals surface area contributed by atoms with Gasteiger partial charge in [-0.2, -0.15) is 0 Å². The normalized spacial score (nSPS) is 12.0. The van der Waals surface area contributed by atoms with Gasteiger partial charge in [0.25, 0.3) is 0 Å². The summed E-state index contributed by atoms with van der Waals surface area (Å²) in [6.45, 7) is 5.67. The molecule has 0 rings (SSSR count). The highest BCUT2D eigenvalue weighted by Gasteiger charge is 2.15. The van der Waals surface area contributed by atoms with Gasteiger partial charge in [0.15, 0.2) is 0 Å². The van der Waals surface area contributed by atoms with Crippen LogP contribution in [0.5, 0.6) is 0 Å². The molecule has 0 aromatic heterocycles. The van der Waals surface area contributed by atoms with E-state index >= 15 is 0 Å². The van der Waals surface area contributed by atoms with Gasteiger partial charge in [-0.05, 0) is 20.3 Å². The van der Waals surface area contributed by atoms with Crippen molar-refractivity contribution in [2.45, 2.75) is 25.9 Å². The van der Waals surface area contributed by atoms with Crippen LogP contribution in [0.25, 0.3) is 0 Å². The van der Waals surface area contributed by atoms with Gasteiger partial charge in [0.05, 0.1) is 5.60 Å². The third-order valence-corrected chi connectivity index (χ3v) is 2.66. The Morgan fingerprint density at radius 1 is 1.27 bits per heavy atom. The minimum Gasteiger partial charge on any atom is -0.385 e. The number of methoxy groups -OCH3 is 1. The first kappa shape index (κ1) is 11.4. The Morgan fingerprint density at radius 2 is 1.91 bits per heavy atom. The van der Waals surface area contributed by atoms with Gasteiger partial charge in [-0.3, -0.25) is 0 Å². The van der Waals surface area contributed by atoms with Crippen LogP contribution in [0, 0.1) is 0 Å². The fraction of sp³-hybridized carbons (Fsp3) is 1.00. The van der Waals surface area contributed by atoms with Gasteiger partial charge in [0.1, 0.15) is 0 Å². The predicted molar refractivity (Wildman–Crippen MR) is 50.3 cm³/mol. The van der Waals surface area contributed by atoms with E-state index in [2.05, 4.69) is 29.8 Å². The number of rotatable bonds is 6. The van der Waals surface area contributed by atoms with Crippen LogP contribution < -0.4 is 0 Å². The molecule has 0 aromatic rings. The average Bonchev–Trinajstić information content (AvgIpc) is 1.99. The highest BCUT2D eigenvalue weighted by molar-refractivity contribution is 9.09. The molecule has 0 saturated heterocycles. The highest BCUT2D eigenvalue weighted by atomic mass is 79.9. The lowest BCUT2D eigenvalue weighted by atomic mass is 10.2. The molecule has 2 nitrogen and oxygen atoms in total. The first-order chi connectivity index (χ1) is 5.12. The zero-order valence-corrected chi connectivity index (χ0v) is 9.11. The summed E-state index contributed by atoms with van der Waals surface area (Å²) in [7, 11) is 1.70. The Balaban J connectivity index is 3.23. The van der Waals surface area contributed by atoms with Crippen molar-refractivity contribution < 1.29 is 9.47 Å². The van der Waals surface area contributed by atoms with Gasteiger partial charge >= 0.3 is 0 Å². The Hall–Kier alpha value is 0.400. The van der Waals surface area contributed by atoms with Gasteiger partial charge in [0, 0.05) is 25.7 Å². The zero-order valence-electron chi connectivity index (χ0n) is 7.52. The Labute approximate surface area is 77.4 Å². The lowest BCUT2D eigenvalue weighted by Gasteiger charge is -2.22. The van der Waals surface area contributed by atoms with Crippen molar-refractivity contribution in [1.29, 1.82) is 0 Å². The van der Waals surface area contributed by atoms with Crippen molar-refractivity contribution in [3.63, 3.8) is 0 Å². The second-order valence-corrected chi connectivity index (χ2v) is 3.65. The third-order valence-electron chi connectivity index (χ3n) is 1.31. The Morgan fingerprint density at radius 3 is 2.36 bits per heavy atom. The minimum absolute atomic E-state index is 0.0479. The molecule has 0 heterocycles. The molecule has 0 unspecified atom stereocenters. The van der Waals surface area contributed by atoms with Gasteiger partial charge < -0.3 is 9.47 Å². The van der Waals surface area contributed by atoms with E-state index in [0.29, 0.717) is 0 Å². The maximum atomic E-state index is 5.55. The standard InChI is InChI=1S/C8H17BrO2/c1-8(2,7-9)11-6-4-5-10-3/h4-7H2,1-3H3. The van der Waals surface area contributed by atoms with Crippen LogP contribution in [-0.4, -0.2) is 31.3 Å². The van der Waals surface area contributed by atoms with Crippen molar-refractivity contribution in [3.05, 3.63) is 0 Å². The number of halogens is 1.